The summed E-state index contributed by atoms with van der Waals surface area (Å²) in [5.74, 6) is 7.93. The molecule has 0 aromatic heterocycles. The molecule has 2 aromatic rings. The lowest BCUT2D eigenvalue weighted by molar-refractivity contribution is 0.280. The summed E-state index contributed by atoms with van der Waals surface area (Å²) >= 11 is 0. The second-order valence-corrected chi connectivity index (χ2v) is 4.86. The van der Waals surface area contributed by atoms with Gasteiger partial charge in [0.05, 0.1) is 12.5 Å². The molecule has 1 heterocycles. The standard InChI is InChI=1S/C18H16O/c1-14-6-8-15(9-7-14)10-11-16-12-13-19-18-5-3-2-4-17(16)18/h2-9,16H,12-13H2,1H3. The van der Waals surface area contributed by atoms with Gasteiger partial charge in [-0.3, -0.25) is 0 Å². The van der Waals surface area contributed by atoms with E-state index in [0.29, 0.717) is 0 Å². The number of fused-ring (bicyclic) bond motifs is 1. The van der Waals surface area contributed by atoms with Crippen molar-refractivity contribution >= 4 is 0 Å². The number of ether oxygens (including phenoxy) is 1. The second-order valence-electron chi connectivity index (χ2n) is 4.86. The Morgan fingerprint density at radius 2 is 1.84 bits per heavy atom. The number of para-hydroxylation sites is 1. The average molecular weight is 248 g/mol. The van der Waals surface area contributed by atoms with Gasteiger partial charge in [0.25, 0.3) is 0 Å². The molecule has 0 saturated heterocycles. The average Bonchev–Trinajstić information content (AvgIpc) is 2.47. The fourth-order valence-electron chi connectivity index (χ4n) is 2.30. The molecule has 1 aliphatic heterocycles. The summed E-state index contributed by atoms with van der Waals surface area (Å²) < 4.78 is 5.65. The normalized spacial score (nSPS) is 16.8. The van der Waals surface area contributed by atoms with E-state index in [0.717, 1.165) is 24.3 Å². The Labute approximate surface area is 114 Å². The lowest BCUT2D eigenvalue weighted by atomic mass is 9.93. The first-order valence-electron chi connectivity index (χ1n) is 6.63. The van der Waals surface area contributed by atoms with E-state index in [4.69, 9.17) is 4.74 Å². The highest BCUT2D eigenvalue weighted by atomic mass is 16.5. The molecule has 0 spiro atoms. The molecule has 1 nitrogen and oxygen atoms in total. The topological polar surface area (TPSA) is 9.23 Å². The molecule has 3 rings (SSSR count). The molecular formula is C18H16O. The van der Waals surface area contributed by atoms with Gasteiger partial charge in [0.2, 0.25) is 0 Å². The maximum absolute atomic E-state index is 5.65. The molecule has 2 aromatic carbocycles. The Balaban J connectivity index is 1.87. The van der Waals surface area contributed by atoms with Crippen LogP contribution >= 0.6 is 0 Å². The van der Waals surface area contributed by atoms with E-state index in [2.05, 4.69) is 49.1 Å². The number of benzene rings is 2. The van der Waals surface area contributed by atoms with Crippen LogP contribution in [0.25, 0.3) is 0 Å². The highest BCUT2D eigenvalue weighted by Gasteiger charge is 2.18. The molecule has 0 amide bonds. The molecule has 1 unspecified atom stereocenters. The fraction of sp³-hybridized carbons (Fsp3) is 0.222. The summed E-state index contributed by atoms with van der Waals surface area (Å²) in [6, 6.07) is 16.5. The predicted octanol–water partition coefficient (Wildman–Crippen LogP) is 3.91. The van der Waals surface area contributed by atoms with Crippen LogP contribution in [0.3, 0.4) is 0 Å². The maximum Gasteiger partial charge on any atom is 0.123 e. The smallest absolute Gasteiger partial charge is 0.123 e. The monoisotopic (exact) mass is 248 g/mol. The van der Waals surface area contributed by atoms with Crippen LogP contribution in [0.5, 0.6) is 5.75 Å². The van der Waals surface area contributed by atoms with E-state index >= 15 is 0 Å². The Hall–Kier alpha value is -2.20. The van der Waals surface area contributed by atoms with Crippen molar-refractivity contribution in [3.05, 3.63) is 65.2 Å². The molecule has 0 N–H and O–H groups in total. The third kappa shape index (κ3) is 2.63. The number of aryl methyl sites for hydroxylation is 1. The van der Waals surface area contributed by atoms with Crippen molar-refractivity contribution < 1.29 is 4.74 Å². The van der Waals surface area contributed by atoms with Gasteiger partial charge in [0.15, 0.2) is 0 Å². The number of hydrogen-bond acceptors (Lipinski definition) is 1. The highest BCUT2D eigenvalue weighted by Crippen LogP contribution is 2.32. The molecule has 0 radical (unpaired) electrons. The predicted molar refractivity (Wildman–Crippen MR) is 77.4 cm³/mol. The molecule has 0 saturated carbocycles. The van der Waals surface area contributed by atoms with Crippen LogP contribution in [-0.4, -0.2) is 6.61 Å². The zero-order chi connectivity index (χ0) is 13.1. The highest BCUT2D eigenvalue weighted by molar-refractivity contribution is 5.44. The van der Waals surface area contributed by atoms with Gasteiger partial charge in [0.1, 0.15) is 5.75 Å². The zero-order valence-electron chi connectivity index (χ0n) is 11.0. The van der Waals surface area contributed by atoms with Gasteiger partial charge < -0.3 is 4.74 Å². The van der Waals surface area contributed by atoms with Gasteiger partial charge in [-0.2, -0.15) is 0 Å². The van der Waals surface area contributed by atoms with Crippen molar-refractivity contribution in [2.75, 3.05) is 6.61 Å². The lowest BCUT2D eigenvalue weighted by Gasteiger charge is -2.21. The third-order valence-electron chi connectivity index (χ3n) is 3.40. The maximum atomic E-state index is 5.65. The first-order chi connectivity index (χ1) is 9.33. The van der Waals surface area contributed by atoms with Crippen LogP contribution in [0.1, 0.15) is 29.0 Å². The minimum Gasteiger partial charge on any atom is -0.493 e. The van der Waals surface area contributed by atoms with Gasteiger partial charge in [-0.1, -0.05) is 47.7 Å². The van der Waals surface area contributed by atoms with E-state index in [1.807, 2.05) is 18.2 Å². The van der Waals surface area contributed by atoms with Crippen LogP contribution in [0, 0.1) is 18.8 Å². The summed E-state index contributed by atoms with van der Waals surface area (Å²) in [5, 5.41) is 0. The first-order valence-corrected chi connectivity index (χ1v) is 6.63. The summed E-state index contributed by atoms with van der Waals surface area (Å²) in [4.78, 5) is 0. The zero-order valence-corrected chi connectivity index (χ0v) is 11.0. The van der Waals surface area contributed by atoms with Crippen molar-refractivity contribution in [2.24, 2.45) is 0 Å². The molecule has 0 bridgehead atoms. The van der Waals surface area contributed by atoms with E-state index in [1.165, 1.54) is 11.1 Å². The van der Waals surface area contributed by atoms with Crippen LogP contribution < -0.4 is 4.74 Å². The first kappa shape index (κ1) is 11.9. The minimum absolute atomic E-state index is 0.284. The molecular weight excluding hydrogens is 232 g/mol. The van der Waals surface area contributed by atoms with Crippen LogP contribution in [0.2, 0.25) is 0 Å². The largest absolute Gasteiger partial charge is 0.493 e. The van der Waals surface area contributed by atoms with E-state index in [1.54, 1.807) is 0 Å². The Bertz CT molecular complexity index is 629. The lowest BCUT2D eigenvalue weighted by Crippen LogP contribution is -2.12. The van der Waals surface area contributed by atoms with Crippen LogP contribution in [0.15, 0.2) is 48.5 Å². The quantitative estimate of drug-likeness (QED) is 0.642. The van der Waals surface area contributed by atoms with Gasteiger partial charge in [-0.25, -0.2) is 0 Å². The van der Waals surface area contributed by atoms with Crippen molar-refractivity contribution in [3.8, 4) is 17.6 Å². The SMILES string of the molecule is Cc1ccc(C#CC2CCOc3ccccc32)cc1. The molecule has 0 aliphatic carbocycles. The van der Waals surface area contributed by atoms with Gasteiger partial charge in [-0.15, -0.1) is 0 Å². The summed E-state index contributed by atoms with van der Waals surface area (Å²) in [5.41, 5.74) is 3.56. The number of hydrogen-bond donors (Lipinski definition) is 0. The van der Waals surface area contributed by atoms with Crippen molar-refractivity contribution in [1.82, 2.24) is 0 Å². The molecule has 0 fully saturated rings. The van der Waals surface area contributed by atoms with Crippen LogP contribution in [0.4, 0.5) is 0 Å². The van der Waals surface area contributed by atoms with Crippen molar-refractivity contribution in [2.45, 2.75) is 19.3 Å². The van der Waals surface area contributed by atoms with Crippen LogP contribution in [-0.2, 0) is 0 Å². The summed E-state index contributed by atoms with van der Waals surface area (Å²) in [6.45, 7) is 2.84. The second kappa shape index (κ2) is 5.20. The molecule has 94 valence electrons. The summed E-state index contributed by atoms with van der Waals surface area (Å²) in [6.07, 6.45) is 0.968. The van der Waals surface area contributed by atoms with Gasteiger partial charge in [-0.05, 0) is 31.5 Å². The fourth-order valence-corrected chi connectivity index (χ4v) is 2.30. The Morgan fingerprint density at radius 1 is 1.05 bits per heavy atom. The van der Waals surface area contributed by atoms with E-state index in [-0.39, 0.29) is 5.92 Å². The Kier molecular flexibility index (Phi) is 3.25. The minimum atomic E-state index is 0.284. The van der Waals surface area contributed by atoms with E-state index in [9.17, 15) is 0 Å². The molecule has 1 aliphatic rings. The van der Waals surface area contributed by atoms with Crippen molar-refractivity contribution in [1.29, 1.82) is 0 Å². The summed E-state index contributed by atoms with van der Waals surface area (Å²) in [7, 11) is 0. The van der Waals surface area contributed by atoms with Crippen molar-refractivity contribution in [3.63, 3.8) is 0 Å². The van der Waals surface area contributed by atoms with E-state index < -0.39 is 0 Å². The van der Waals surface area contributed by atoms with Gasteiger partial charge >= 0.3 is 0 Å². The number of rotatable bonds is 0. The molecule has 19 heavy (non-hydrogen) atoms. The molecule has 1 atom stereocenters. The third-order valence-corrected chi connectivity index (χ3v) is 3.40. The van der Waals surface area contributed by atoms with Gasteiger partial charge in [0, 0.05) is 11.1 Å². The Morgan fingerprint density at radius 3 is 2.68 bits per heavy atom. The molecule has 1 heteroatoms.